The monoisotopic (exact) mass is 335 g/mol. The van der Waals surface area contributed by atoms with Crippen LogP contribution in [0.4, 0.5) is 0 Å². The molecule has 1 aliphatic heterocycles. The molecule has 1 heterocycles. The number of piperidine rings is 1. The Morgan fingerprint density at radius 1 is 1.20 bits per heavy atom. The number of hydrogen-bond donors (Lipinski definition) is 2. The van der Waals surface area contributed by atoms with Crippen LogP contribution < -0.4 is 5.32 Å². The number of hydrogen-bond acceptors (Lipinski definition) is 2. The fraction of sp³-hybridized carbons (Fsp3) is 0.600. The van der Waals surface area contributed by atoms with Crippen LogP contribution in [0.25, 0.3) is 0 Å². The van der Waals surface area contributed by atoms with Gasteiger partial charge in [-0.15, -0.1) is 12.4 Å². The van der Waals surface area contributed by atoms with Crippen LogP contribution in [-0.2, 0) is 0 Å². The Hall–Kier alpha value is 0.01000. The smallest absolute Gasteiger partial charge is 0.0706 e. The molecule has 1 saturated heterocycles. The quantitative estimate of drug-likeness (QED) is 0.798. The van der Waals surface area contributed by atoms with Crippen molar-refractivity contribution in [2.75, 3.05) is 6.54 Å². The molecule has 0 aromatic heterocycles. The Labute approximate surface area is 136 Å². The van der Waals surface area contributed by atoms with E-state index in [1.807, 2.05) is 12.1 Å². The number of aliphatic hydroxyl groups is 1. The van der Waals surface area contributed by atoms with Crippen molar-refractivity contribution in [2.45, 2.75) is 43.7 Å². The highest BCUT2D eigenvalue weighted by atomic mass is 35.5. The lowest BCUT2D eigenvalue weighted by Crippen LogP contribution is -2.53. The first kappa shape index (κ1) is 16.4. The van der Waals surface area contributed by atoms with Crippen LogP contribution in [0.3, 0.4) is 0 Å². The van der Waals surface area contributed by atoms with Crippen LogP contribution in [0.15, 0.2) is 18.2 Å². The minimum atomic E-state index is -0.517. The molecular weight excluding hydrogens is 317 g/mol. The largest absolute Gasteiger partial charge is 0.389 e. The van der Waals surface area contributed by atoms with Gasteiger partial charge >= 0.3 is 0 Å². The number of nitrogens with one attached hydrogen (secondary N) is 1. The summed E-state index contributed by atoms with van der Waals surface area (Å²) in [5.41, 5.74) is 0.549. The van der Waals surface area contributed by atoms with E-state index in [1.54, 1.807) is 6.07 Å². The van der Waals surface area contributed by atoms with Gasteiger partial charge in [0.25, 0.3) is 0 Å². The van der Waals surface area contributed by atoms with Gasteiger partial charge in [0.2, 0.25) is 0 Å². The normalized spacial score (nSPS) is 33.1. The molecule has 2 nitrogen and oxygen atoms in total. The summed E-state index contributed by atoms with van der Waals surface area (Å²) in [5, 5.41) is 15.7. The molecule has 112 valence electrons. The van der Waals surface area contributed by atoms with E-state index in [1.165, 1.54) is 6.42 Å². The lowest BCUT2D eigenvalue weighted by atomic mass is 9.67. The Balaban J connectivity index is 0.00000147. The van der Waals surface area contributed by atoms with Crippen molar-refractivity contribution in [3.63, 3.8) is 0 Å². The molecule has 2 N–H and O–H groups in total. The van der Waals surface area contributed by atoms with E-state index in [0.29, 0.717) is 10.0 Å². The zero-order valence-electron chi connectivity index (χ0n) is 11.2. The van der Waals surface area contributed by atoms with Crippen LogP contribution in [0.1, 0.15) is 43.7 Å². The van der Waals surface area contributed by atoms with Gasteiger partial charge in [0, 0.05) is 22.0 Å². The molecule has 20 heavy (non-hydrogen) atoms. The van der Waals surface area contributed by atoms with Gasteiger partial charge in [0.05, 0.1) is 5.60 Å². The van der Waals surface area contributed by atoms with E-state index >= 15 is 0 Å². The highest BCUT2D eigenvalue weighted by Gasteiger charge is 2.46. The van der Waals surface area contributed by atoms with Crippen LogP contribution in [-0.4, -0.2) is 17.3 Å². The van der Waals surface area contributed by atoms with Gasteiger partial charge in [-0.1, -0.05) is 42.1 Å². The van der Waals surface area contributed by atoms with E-state index in [-0.39, 0.29) is 24.4 Å². The molecule has 1 aromatic carbocycles. The Bertz CT molecular complexity index is 478. The summed E-state index contributed by atoms with van der Waals surface area (Å²) in [6, 6.07) is 5.80. The summed E-state index contributed by atoms with van der Waals surface area (Å²) in [7, 11) is 0. The average molecular weight is 337 g/mol. The van der Waals surface area contributed by atoms with Gasteiger partial charge in [-0.2, -0.15) is 0 Å². The number of fused-ring (bicyclic) bond motifs is 1. The van der Waals surface area contributed by atoms with E-state index in [2.05, 4.69) is 5.32 Å². The van der Waals surface area contributed by atoms with E-state index in [4.69, 9.17) is 23.2 Å². The van der Waals surface area contributed by atoms with E-state index in [9.17, 15) is 5.11 Å². The summed E-state index contributed by atoms with van der Waals surface area (Å²) in [4.78, 5) is 0. The number of benzene rings is 1. The molecule has 1 saturated carbocycles. The van der Waals surface area contributed by atoms with E-state index in [0.717, 1.165) is 37.8 Å². The summed E-state index contributed by atoms with van der Waals surface area (Å²) in [6.07, 6.45) is 5.15. The van der Waals surface area contributed by atoms with Crippen molar-refractivity contribution in [1.29, 1.82) is 0 Å². The van der Waals surface area contributed by atoms with Crippen LogP contribution in [0.5, 0.6) is 0 Å². The van der Waals surface area contributed by atoms with Crippen molar-refractivity contribution in [2.24, 2.45) is 5.92 Å². The molecule has 2 aliphatic rings. The Morgan fingerprint density at radius 2 is 2.00 bits per heavy atom. The maximum Gasteiger partial charge on any atom is 0.0706 e. The molecule has 0 spiro atoms. The summed E-state index contributed by atoms with van der Waals surface area (Å²) in [5.74, 6) is 0.258. The van der Waals surface area contributed by atoms with Gasteiger partial charge < -0.3 is 10.4 Å². The van der Waals surface area contributed by atoms with Crippen molar-refractivity contribution in [3.8, 4) is 0 Å². The topological polar surface area (TPSA) is 32.3 Å². The van der Waals surface area contributed by atoms with Crippen molar-refractivity contribution in [3.05, 3.63) is 33.8 Å². The third-order valence-corrected chi connectivity index (χ3v) is 5.25. The zero-order chi connectivity index (χ0) is 13.5. The summed E-state index contributed by atoms with van der Waals surface area (Å²) in [6.45, 7) is 0.844. The molecule has 5 heteroatoms. The minimum Gasteiger partial charge on any atom is -0.389 e. The van der Waals surface area contributed by atoms with Gasteiger partial charge in [-0.3, -0.25) is 0 Å². The van der Waals surface area contributed by atoms with E-state index < -0.39 is 5.60 Å². The first-order chi connectivity index (χ1) is 9.10. The highest BCUT2D eigenvalue weighted by Crippen LogP contribution is 2.46. The molecule has 0 bridgehead atoms. The lowest BCUT2D eigenvalue weighted by molar-refractivity contribution is -0.0861. The predicted molar refractivity (Wildman–Crippen MR) is 86.0 cm³/mol. The Kier molecular flexibility index (Phi) is 5.25. The maximum atomic E-state index is 10.9. The molecule has 3 rings (SSSR count). The predicted octanol–water partition coefficient (Wildman–Crippen LogP) is 4.37. The van der Waals surface area contributed by atoms with Gasteiger partial charge in [-0.05, 0) is 43.5 Å². The standard InChI is InChI=1S/C15H19Cl2NO.ClH/c16-10-4-5-11(13(17)9-10)14-12-3-1-2-6-15(12,19)7-8-18-14;/h4-5,9,12,14,18-19H,1-3,6-8H2;1H. The second kappa shape index (κ2) is 6.41. The fourth-order valence-corrected chi connectivity index (χ4v) is 4.23. The molecule has 1 aliphatic carbocycles. The molecule has 0 radical (unpaired) electrons. The summed E-state index contributed by atoms with van der Waals surface area (Å²) >= 11 is 12.3. The van der Waals surface area contributed by atoms with Gasteiger partial charge in [0.1, 0.15) is 0 Å². The third kappa shape index (κ3) is 2.95. The van der Waals surface area contributed by atoms with Crippen LogP contribution in [0, 0.1) is 5.92 Å². The minimum absolute atomic E-state index is 0. The van der Waals surface area contributed by atoms with Crippen molar-refractivity contribution in [1.82, 2.24) is 5.32 Å². The molecule has 3 atom stereocenters. The van der Waals surface area contributed by atoms with Crippen LogP contribution >= 0.6 is 35.6 Å². The highest BCUT2D eigenvalue weighted by molar-refractivity contribution is 6.35. The first-order valence-electron chi connectivity index (χ1n) is 7.01. The van der Waals surface area contributed by atoms with Crippen LogP contribution in [0.2, 0.25) is 10.0 Å². The van der Waals surface area contributed by atoms with Crippen molar-refractivity contribution < 1.29 is 5.11 Å². The second-order valence-corrected chi connectivity index (χ2v) is 6.65. The first-order valence-corrected chi connectivity index (χ1v) is 7.76. The molecule has 1 aromatic rings. The number of halogens is 3. The third-order valence-electron chi connectivity index (χ3n) is 4.69. The Morgan fingerprint density at radius 3 is 2.75 bits per heavy atom. The fourth-order valence-electron chi connectivity index (χ4n) is 3.70. The van der Waals surface area contributed by atoms with Gasteiger partial charge in [0.15, 0.2) is 0 Å². The summed E-state index contributed by atoms with van der Waals surface area (Å²) < 4.78 is 0. The molecule has 2 fully saturated rings. The second-order valence-electron chi connectivity index (χ2n) is 5.80. The lowest BCUT2D eigenvalue weighted by Gasteiger charge is -2.48. The molecule has 0 amide bonds. The molecule has 3 unspecified atom stereocenters. The maximum absolute atomic E-state index is 10.9. The zero-order valence-corrected chi connectivity index (χ0v) is 13.6. The van der Waals surface area contributed by atoms with Crippen molar-refractivity contribution >= 4 is 35.6 Å². The molecular formula is C15H20Cl3NO. The van der Waals surface area contributed by atoms with Gasteiger partial charge in [-0.25, -0.2) is 0 Å². The number of rotatable bonds is 1. The SMILES string of the molecule is Cl.OC12CCCCC1C(c1ccc(Cl)cc1Cl)NCC2. The average Bonchev–Trinajstić information content (AvgIpc) is 2.37.